The van der Waals surface area contributed by atoms with Crippen LogP contribution in [0.15, 0.2) is 47.4 Å². The molecule has 0 N–H and O–H groups in total. The van der Waals surface area contributed by atoms with E-state index < -0.39 is 49.5 Å². The summed E-state index contributed by atoms with van der Waals surface area (Å²) in [7, 11) is -2.67. The highest BCUT2D eigenvalue weighted by Gasteiger charge is 2.36. The van der Waals surface area contributed by atoms with E-state index in [9.17, 15) is 30.4 Å². The number of hydrogen-bond donors (Lipinski definition) is 0. The first-order valence-corrected chi connectivity index (χ1v) is 9.82. The first-order valence-electron chi connectivity index (χ1n) is 7.93. The minimum atomic E-state index is -4.84. The van der Waals surface area contributed by atoms with Crippen molar-refractivity contribution in [3.8, 4) is 22.7 Å². The van der Waals surface area contributed by atoms with E-state index in [4.69, 9.17) is 4.74 Å². The smallest absolute Gasteiger partial charge is 0.435 e. The summed E-state index contributed by atoms with van der Waals surface area (Å²) in [6.45, 7) is 0. The lowest BCUT2D eigenvalue weighted by atomic mass is 10.1. The van der Waals surface area contributed by atoms with Gasteiger partial charge in [0, 0.05) is 11.8 Å². The van der Waals surface area contributed by atoms with E-state index in [1.54, 1.807) is 0 Å². The molecule has 0 fully saturated rings. The van der Waals surface area contributed by atoms with Gasteiger partial charge in [-0.25, -0.2) is 21.9 Å². The summed E-state index contributed by atoms with van der Waals surface area (Å²) in [4.78, 5) is -0.898. The first-order chi connectivity index (χ1) is 13.4. The number of ether oxygens (including phenoxy) is 1. The third-order valence-corrected chi connectivity index (χ3v) is 5.13. The number of alkyl halides is 3. The lowest BCUT2D eigenvalue weighted by Gasteiger charge is -2.11. The molecule has 29 heavy (non-hydrogen) atoms. The zero-order chi connectivity index (χ0) is 21.6. The number of nitrogens with zero attached hydrogens (tertiary/aromatic N) is 2. The summed E-state index contributed by atoms with van der Waals surface area (Å²) in [5, 5.41) is 3.47. The number of halogens is 5. The standard InChI is InChI=1S/C18H13F5N2O3S/c1-28-11-5-3-10(4-6-11)25-15(9-17(24-25)18(21,22)23)12-7-14(20)16(8-13(12)19)29(2,26)27/h3-9H,1-2H3. The molecule has 0 aliphatic rings. The van der Waals surface area contributed by atoms with Crippen LogP contribution in [-0.2, 0) is 16.0 Å². The Morgan fingerprint density at radius 1 is 1.00 bits per heavy atom. The van der Waals surface area contributed by atoms with E-state index in [1.807, 2.05) is 0 Å². The van der Waals surface area contributed by atoms with Gasteiger partial charge in [-0.3, -0.25) is 0 Å². The second-order valence-electron chi connectivity index (χ2n) is 6.06. The maximum atomic E-state index is 14.6. The predicted octanol–water partition coefficient (Wildman–Crippen LogP) is 4.25. The highest BCUT2D eigenvalue weighted by molar-refractivity contribution is 7.90. The predicted molar refractivity (Wildman–Crippen MR) is 93.6 cm³/mol. The summed E-state index contributed by atoms with van der Waals surface area (Å²) in [5.41, 5.74) is -2.17. The van der Waals surface area contributed by atoms with Crippen molar-refractivity contribution in [3.63, 3.8) is 0 Å². The Labute approximate surface area is 162 Å². The van der Waals surface area contributed by atoms with Crippen LogP contribution in [0.2, 0.25) is 0 Å². The second-order valence-corrected chi connectivity index (χ2v) is 8.04. The summed E-state index contributed by atoms with van der Waals surface area (Å²) in [6.07, 6.45) is -4.15. The number of benzene rings is 2. The maximum absolute atomic E-state index is 14.6. The Morgan fingerprint density at radius 2 is 1.62 bits per heavy atom. The van der Waals surface area contributed by atoms with E-state index in [0.717, 1.165) is 4.68 Å². The summed E-state index contributed by atoms with van der Waals surface area (Å²) in [5.74, 6) is -2.08. The summed E-state index contributed by atoms with van der Waals surface area (Å²) >= 11 is 0. The minimum Gasteiger partial charge on any atom is -0.497 e. The Kier molecular flexibility index (Phi) is 5.11. The average Bonchev–Trinajstić information content (AvgIpc) is 3.08. The van der Waals surface area contributed by atoms with Crippen molar-refractivity contribution in [2.75, 3.05) is 13.4 Å². The average molecular weight is 432 g/mol. The van der Waals surface area contributed by atoms with Crippen LogP contribution in [0.1, 0.15) is 5.69 Å². The molecular formula is C18H13F5N2O3S. The zero-order valence-electron chi connectivity index (χ0n) is 15.0. The largest absolute Gasteiger partial charge is 0.497 e. The fourth-order valence-electron chi connectivity index (χ4n) is 2.64. The molecule has 0 amide bonds. The monoisotopic (exact) mass is 432 g/mol. The Bertz CT molecular complexity index is 1170. The van der Waals surface area contributed by atoms with Crippen molar-refractivity contribution < 1.29 is 35.1 Å². The minimum absolute atomic E-state index is 0.128. The molecule has 0 saturated heterocycles. The molecule has 0 bridgehead atoms. The zero-order valence-corrected chi connectivity index (χ0v) is 15.8. The highest BCUT2D eigenvalue weighted by Crippen LogP contribution is 2.35. The molecule has 0 atom stereocenters. The van der Waals surface area contributed by atoms with E-state index in [-0.39, 0.29) is 5.69 Å². The van der Waals surface area contributed by atoms with Gasteiger partial charge in [0.15, 0.2) is 15.5 Å². The van der Waals surface area contributed by atoms with Gasteiger partial charge < -0.3 is 4.74 Å². The lowest BCUT2D eigenvalue weighted by Crippen LogP contribution is -2.07. The Hall–Kier alpha value is -2.95. The van der Waals surface area contributed by atoms with Crippen molar-refractivity contribution in [2.24, 2.45) is 0 Å². The van der Waals surface area contributed by atoms with Crippen LogP contribution in [0.3, 0.4) is 0 Å². The van der Waals surface area contributed by atoms with E-state index in [1.165, 1.54) is 31.4 Å². The van der Waals surface area contributed by atoms with Gasteiger partial charge in [0.2, 0.25) is 0 Å². The molecule has 5 nitrogen and oxygen atoms in total. The van der Waals surface area contributed by atoms with E-state index in [2.05, 4.69) is 5.10 Å². The van der Waals surface area contributed by atoms with Gasteiger partial charge in [0.1, 0.15) is 22.3 Å². The molecule has 0 aliphatic carbocycles. The van der Waals surface area contributed by atoms with Gasteiger partial charge in [0.25, 0.3) is 0 Å². The molecule has 0 saturated carbocycles. The highest BCUT2D eigenvalue weighted by atomic mass is 32.2. The maximum Gasteiger partial charge on any atom is 0.435 e. The fraction of sp³-hybridized carbons (Fsp3) is 0.167. The normalized spacial score (nSPS) is 12.2. The molecule has 0 radical (unpaired) electrons. The number of sulfone groups is 1. The van der Waals surface area contributed by atoms with Crippen LogP contribution >= 0.6 is 0 Å². The lowest BCUT2D eigenvalue weighted by molar-refractivity contribution is -0.141. The molecule has 3 aromatic rings. The Balaban J connectivity index is 2.26. The summed E-state index contributed by atoms with van der Waals surface area (Å²) < 4.78 is 97.3. The quantitative estimate of drug-likeness (QED) is 0.579. The molecule has 154 valence electrons. The van der Waals surface area contributed by atoms with Crippen LogP contribution in [0.5, 0.6) is 5.75 Å². The van der Waals surface area contributed by atoms with Crippen LogP contribution in [-0.4, -0.2) is 31.6 Å². The molecular weight excluding hydrogens is 419 g/mol. The van der Waals surface area contributed by atoms with Gasteiger partial charge in [-0.2, -0.15) is 18.3 Å². The first kappa shape index (κ1) is 20.8. The molecule has 1 heterocycles. The Morgan fingerprint density at radius 3 is 2.14 bits per heavy atom. The van der Waals surface area contributed by atoms with Crippen LogP contribution < -0.4 is 4.74 Å². The van der Waals surface area contributed by atoms with Crippen molar-refractivity contribution in [1.29, 1.82) is 0 Å². The van der Waals surface area contributed by atoms with Crippen molar-refractivity contribution in [3.05, 3.63) is 59.8 Å². The van der Waals surface area contributed by atoms with Crippen LogP contribution in [0.4, 0.5) is 22.0 Å². The molecule has 0 spiro atoms. The van der Waals surface area contributed by atoms with Crippen LogP contribution in [0.25, 0.3) is 16.9 Å². The molecule has 0 aliphatic heterocycles. The van der Waals surface area contributed by atoms with Gasteiger partial charge in [0.05, 0.1) is 18.5 Å². The number of hydrogen-bond acceptors (Lipinski definition) is 4. The third-order valence-electron chi connectivity index (χ3n) is 4.01. The van der Waals surface area contributed by atoms with Crippen molar-refractivity contribution >= 4 is 9.84 Å². The number of methoxy groups -OCH3 is 1. The fourth-order valence-corrected chi connectivity index (χ4v) is 3.37. The van der Waals surface area contributed by atoms with Crippen LogP contribution in [0, 0.1) is 11.6 Å². The van der Waals surface area contributed by atoms with Gasteiger partial charge >= 0.3 is 6.18 Å². The third kappa shape index (κ3) is 4.09. The molecule has 2 aromatic carbocycles. The van der Waals surface area contributed by atoms with E-state index in [0.29, 0.717) is 30.2 Å². The van der Waals surface area contributed by atoms with Gasteiger partial charge in [-0.15, -0.1) is 0 Å². The number of aromatic nitrogens is 2. The SMILES string of the molecule is COc1ccc(-n2nc(C(F)(F)F)cc2-c2cc(F)c(S(C)(=O)=O)cc2F)cc1. The topological polar surface area (TPSA) is 61.2 Å². The van der Waals surface area contributed by atoms with E-state index >= 15 is 0 Å². The van der Waals surface area contributed by atoms with Crippen molar-refractivity contribution in [1.82, 2.24) is 9.78 Å². The summed E-state index contributed by atoms with van der Waals surface area (Å²) in [6, 6.07) is 7.20. The van der Waals surface area contributed by atoms with Gasteiger partial charge in [-0.1, -0.05) is 0 Å². The molecule has 0 unspecified atom stereocenters. The van der Waals surface area contributed by atoms with Gasteiger partial charge in [-0.05, 0) is 42.5 Å². The van der Waals surface area contributed by atoms with Crippen molar-refractivity contribution in [2.45, 2.75) is 11.1 Å². The molecule has 3 rings (SSSR count). The molecule has 1 aromatic heterocycles. The number of rotatable bonds is 4. The molecule has 11 heteroatoms. The second kappa shape index (κ2) is 7.14.